The number of benzene rings is 3. The van der Waals surface area contributed by atoms with E-state index in [0.29, 0.717) is 22.0 Å². The summed E-state index contributed by atoms with van der Waals surface area (Å²) in [5, 5.41) is 17.1. The van der Waals surface area contributed by atoms with Gasteiger partial charge in [0.1, 0.15) is 0 Å². The highest BCUT2D eigenvalue weighted by Gasteiger charge is 2.19. The van der Waals surface area contributed by atoms with Crippen molar-refractivity contribution in [2.75, 3.05) is 10.6 Å². The van der Waals surface area contributed by atoms with E-state index in [2.05, 4.69) is 10.6 Å². The molecule has 146 valence electrons. The van der Waals surface area contributed by atoms with Gasteiger partial charge in [0.2, 0.25) is 0 Å². The molecule has 8 heteroatoms. The van der Waals surface area contributed by atoms with Crippen molar-refractivity contribution in [1.29, 1.82) is 0 Å². The highest BCUT2D eigenvalue weighted by atomic mass is 35.5. The highest BCUT2D eigenvalue weighted by Crippen LogP contribution is 2.25. The number of nitro benzene ring substituents is 1. The molecule has 0 fully saturated rings. The fraction of sp³-hybridized carbons (Fsp3) is 0.0476. The summed E-state index contributed by atoms with van der Waals surface area (Å²) in [6, 6.07) is 17.4. The molecule has 0 aliphatic heterocycles. The number of nitrogens with zero attached hydrogens (tertiary/aromatic N) is 1. The quantitative estimate of drug-likeness (QED) is 0.454. The van der Waals surface area contributed by atoms with Crippen LogP contribution in [0, 0.1) is 17.0 Å². The highest BCUT2D eigenvalue weighted by molar-refractivity contribution is 6.30. The summed E-state index contributed by atoms with van der Waals surface area (Å²) in [4.78, 5) is 35.7. The second-order valence-electron chi connectivity index (χ2n) is 6.17. The van der Waals surface area contributed by atoms with E-state index in [4.69, 9.17) is 11.6 Å². The zero-order valence-corrected chi connectivity index (χ0v) is 16.1. The third-order valence-electron chi connectivity index (χ3n) is 4.28. The lowest BCUT2D eigenvalue weighted by molar-refractivity contribution is -0.385. The van der Waals surface area contributed by atoms with Gasteiger partial charge in [0.05, 0.1) is 16.3 Å². The summed E-state index contributed by atoms with van der Waals surface area (Å²) >= 11 is 5.84. The Morgan fingerprint density at radius 2 is 1.45 bits per heavy atom. The third kappa shape index (κ3) is 4.59. The fourth-order valence-corrected chi connectivity index (χ4v) is 2.88. The molecule has 0 atom stereocenters. The Morgan fingerprint density at radius 1 is 0.862 bits per heavy atom. The molecule has 7 nitrogen and oxygen atoms in total. The minimum Gasteiger partial charge on any atom is -0.320 e. The van der Waals surface area contributed by atoms with Gasteiger partial charge in [-0.25, -0.2) is 0 Å². The van der Waals surface area contributed by atoms with Crippen molar-refractivity contribution in [2.24, 2.45) is 0 Å². The van der Waals surface area contributed by atoms with Crippen molar-refractivity contribution in [3.63, 3.8) is 0 Å². The van der Waals surface area contributed by atoms with Gasteiger partial charge in [-0.3, -0.25) is 19.7 Å². The molecule has 0 bridgehead atoms. The van der Waals surface area contributed by atoms with E-state index in [-0.39, 0.29) is 22.7 Å². The van der Waals surface area contributed by atoms with Crippen molar-refractivity contribution in [3.8, 4) is 0 Å². The normalized spacial score (nSPS) is 10.3. The molecule has 2 amide bonds. The van der Waals surface area contributed by atoms with Gasteiger partial charge >= 0.3 is 0 Å². The third-order valence-corrected chi connectivity index (χ3v) is 4.53. The summed E-state index contributed by atoms with van der Waals surface area (Å²) in [6.45, 7) is 1.52. The fourth-order valence-electron chi connectivity index (χ4n) is 2.75. The van der Waals surface area contributed by atoms with E-state index >= 15 is 0 Å². The number of halogens is 1. The van der Waals surface area contributed by atoms with Crippen molar-refractivity contribution in [1.82, 2.24) is 0 Å². The summed E-state index contributed by atoms with van der Waals surface area (Å²) in [7, 11) is 0. The SMILES string of the molecule is Cc1c(C(=O)Nc2ccccc2NC(=O)c2ccc(Cl)cc2)cccc1[N+](=O)[O-]. The predicted octanol–water partition coefficient (Wildman–Crippen LogP) is 5.06. The molecular formula is C21H16ClN3O4. The first kappa shape index (κ1) is 20.0. The smallest absolute Gasteiger partial charge is 0.273 e. The zero-order chi connectivity index (χ0) is 21.0. The Balaban J connectivity index is 1.83. The first-order chi connectivity index (χ1) is 13.9. The van der Waals surface area contributed by atoms with Gasteiger partial charge in [-0.15, -0.1) is 0 Å². The average molecular weight is 410 g/mol. The average Bonchev–Trinajstić information content (AvgIpc) is 2.69. The first-order valence-corrected chi connectivity index (χ1v) is 8.96. The largest absolute Gasteiger partial charge is 0.320 e. The number of nitro groups is 1. The minimum absolute atomic E-state index is 0.137. The van der Waals surface area contributed by atoms with E-state index < -0.39 is 10.8 Å². The van der Waals surface area contributed by atoms with E-state index in [0.717, 1.165) is 0 Å². The van der Waals surface area contributed by atoms with Crippen LogP contribution in [0.25, 0.3) is 0 Å². The number of rotatable bonds is 5. The number of nitrogens with one attached hydrogen (secondary N) is 2. The van der Waals surface area contributed by atoms with Crippen LogP contribution in [0.5, 0.6) is 0 Å². The second kappa shape index (κ2) is 8.53. The predicted molar refractivity (Wildman–Crippen MR) is 112 cm³/mol. The van der Waals surface area contributed by atoms with Crippen LogP contribution in [-0.4, -0.2) is 16.7 Å². The van der Waals surface area contributed by atoms with Crippen molar-refractivity contribution in [3.05, 3.63) is 98.6 Å². The van der Waals surface area contributed by atoms with Crippen LogP contribution < -0.4 is 10.6 Å². The maximum absolute atomic E-state index is 12.7. The Labute approximate surface area is 171 Å². The van der Waals surface area contributed by atoms with Gasteiger partial charge in [-0.1, -0.05) is 29.8 Å². The Morgan fingerprint density at radius 3 is 2.03 bits per heavy atom. The Hall–Kier alpha value is -3.71. The summed E-state index contributed by atoms with van der Waals surface area (Å²) in [6.07, 6.45) is 0. The van der Waals surface area contributed by atoms with Gasteiger partial charge in [0.25, 0.3) is 17.5 Å². The van der Waals surface area contributed by atoms with E-state index in [1.54, 1.807) is 48.5 Å². The molecule has 3 aromatic carbocycles. The molecule has 29 heavy (non-hydrogen) atoms. The number of anilines is 2. The molecule has 0 aliphatic carbocycles. The molecule has 0 aromatic heterocycles. The summed E-state index contributed by atoms with van der Waals surface area (Å²) in [5.74, 6) is -0.880. The molecule has 0 unspecified atom stereocenters. The number of carbonyl (C=O) groups excluding carboxylic acids is 2. The van der Waals surface area contributed by atoms with Crippen LogP contribution in [0.2, 0.25) is 5.02 Å². The molecule has 0 saturated carbocycles. The molecule has 0 radical (unpaired) electrons. The van der Waals surface area contributed by atoms with Crippen LogP contribution in [0.1, 0.15) is 26.3 Å². The minimum atomic E-state index is -0.535. The van der Waals surface area contributed by atoms with Crippen LogP contribution in [0.4, 0.5) is 17.1 Å². The molecule has 0 aliphatic rings. The monoisotopic (exact) mass is 409 g/mol. The molecule has 0 spiro atoms. The number of hydrogen-bond donors (Lipinski definition) is 2. The van der Waals surface area contributed by atoms with Gasteiger partial charge < -0.3 is 10.6 Å². The lowest BCUT2D eigenvalue weighted by atomic mass is 10.1. The van der Waals surface area contributed by atoms with E-state index in [1.807, 2.05) is 0 Å². The number of hydrogen-bond acceptors (Lipinski definition) is 4. The van der Waals surface area contributed by atoms with Crippen molar-refractivity contribution >= 4 is 40.5 Å². The standard InChI is InChI=1S/C21H16ClN3O4/c1-13-16(5-4-8-19(13)25(28)29)21(27)24-18-7-3-2-6-17(18)23-20(26)14-9-11-15(22)12-10-14/h2-12H,1H3,(H,23,26)(H,24,27). The summed E-state index contributed by atoms with van der Waals surface area (Å²) < 4.78 is 0. The van der Waals surface area contributed by atoms with Gasteiger partial charge in [-0.2, -0.15) is 0 Å². The Bertz CT molecular complexity index is 1100. The van der Waals surface area contributed by atoms with Gasteiger partial charge in [-0.05, 0) is 49.4 Å². The van der Waals surface area contributed by atoms with Gasteiger partial charge in [0, 0.05) is 27.8 Å². The maximum Gasteiger partial charge on any atom is 0.273 e. The van der Waals surface area contributed by atoms with E-state index in [1.165, 1.54) is 25.1 Å². The number of carbonyl (C=O) groups is 2. The Kier molecular flexibility index (Phi) is 5.90. The molecule has 3 aromatic rings. The lowest BCUT2D eigenvalue weighted by Gasteiger charge is -2.13. The van der Waals surface area contributed by atoms with E-state index in [9.17, 15) is 19.7 Å². The second-order valence-corrected chi connectivity index (χ2v) is 6.60. The number of para-hydroxylation sites is 2. The zero-order valence-electron chi connectivity index (χ0n) is 15.3. The topological polar surface area (TPSA) is 101 Å². The summed E-state index contributed by atoms with van der Waals surface area (Å²) in [5.41, 5.74) is 1.47. The van der Waals surface area contributed by atoms with Crippen LogP contribution in [0.3, 0.4) is 0 Å². The molecule has 3 rings (SSSR count). The number of amides is 2. The van der Waals surface area contributed by atoms with Crippen molar-refractivity contribution < 1.29 is 14.5 Å². The van der Waals surface area contributed by atoms with Crippen LogP contribution in [0.15, 0.2) is 66.7 Å². The lowest BCUT2D eigenvalue weighted by Crippen LogP contribution is -2.17. The van der Waals surface area contributed by atoms with Crippen LogP contribution in [-0.2, 0) is 0 Å². The maximum atomic E-state index is 12.7. The van der Waals surface area contributed by atoms with Crippen LogP contribution >= 0.6 is 11.6 Å². The van der Waals surface area contributed by atoms with Gasteiger partial charge in [0.15, 0.2) is 0 Å². The first-order valence-electron chi connectivity index (χ1n) is 8.58. The molecular weight excluding hydrogens is 394 g/mol. The molecule has 0 saturated heterocycles. The molecule has 2 N–H and O–H groups in total. The van der Waals surface area contributed by atoms with Crippen molar-refractivity contribution in [2.45, 2.75) is 6.92 Å². The molecule has 0 heterocycles.